The summed E-state index contributed by atoms with van der Waals surface area (Å²) < 4.78 is 5.04. The van der Waals surface area contributed by atoms with Gasteiger partial charge in [0, 0.05) is 11.1 Å². The van der Waals surface area contributed by atoms with Gasteiger partial charge in [0.2, 0.25) is 5.91 Å². The van der Waals surface area contributed by atoms with E-state index in [-0.39, 0.29) is 6.54 Å². The van der Waals surface area contributed by atoms with Gasteiger partial charge in [0.1, 0.15) is 5.76 Å². The van der Waals surface area contributed by atoms with Gasteiger partial charge in [-0.3, -0.25) is 9.59 Å². The molecule has 0 saturated heterocycles. The minimum atomic E-state index is -0.435. The van der Waals surface area contributed by atoms with Crippen molar-refractivity contribution in [3.8, 4) is 0 Å². The van der Waals surface area contributed by atoms with Crippen molar-refractivity contribution in [1.29, 1.82) is 0 Å². The van der Waals surface area contributed by atoms with Gasteiger partial charge in [0.05, 0.1) is 19.0 Å². The molecule has 2 N–H and O–H groups in total. The molecule has 2 aromatic rings. The molecule has 0 aliphatic heterocycles. The zero-order chi connectivity index (χ0) is 16.5. The van der Waals surface area contributed by atoms with Crippen LogP contribution in [0.3, 0.4) is 0 Å². The number of hydrogen-bond donors (Lipinski definition) is 2. The zero-order valence-corrected chi connectivity index (χ0v) is 12.8. The van der Waals surface area contributed by atoms with E-state index in [1.807, 2.05) is 0 Å². The number of amides is 2. The van der Waals surface area contributed by atoms with E-state index in [1.54, 1.807) is 36.4 Å². The van der Waals surface area contributed by atoms with Crippen molar-refractivity contribution in [3.05, 3.63) is 65.1 Å². The first-order chi connectivity index (χ1) is 11.1. The number of nitrogens with one attached hydrogen (secondary N) is 2. The van der Waals surface area contributed by atoms with Crippen molar-refractivity contribution in [3.63, 3.8) is 0 Å². The van der Waals surface area contributed by atoms with Crippen LogP contribution < -0.4 is 10.7 Å². The van der Waals surface area contributed by atoms with Crippen LogP contribution in [0.25, 0.3) is 6.08 Å². The molecule has 1 aromatic carbocycles. The molecular formula is C16H14ClN3O3. The van der Waals surface area contributed by atoms with Gasteiger partial charge in [-0.1, -0.05) is 23.7 Å². The lowest BCUT2D eigenvalue weighted by Crippen LogP contribution is -2.34. The van der Waals surface area contributed by atoms with Crippen LogP contribution in [0.1, 0.15) is 11.3 Å². The molecule has 1 aromatic heterocycles. The smallest absolute Gasteiger partial charge is 0.259 e. The van der Waals surface area contributed by atoms with E-state index in [0.717, 1.165) is 5.56 Å². The summed E-state index contributed by atoms with van der Waals surface area (Å²) in [6.45, 7) is -0.181. The third-order valence-electron chi connectivity index (χ3n) is 2.64. The molecule has 1 heterocycles. The number of halogens is 1. The molecule has 0 bridgehead atoms. The van der Waals surface area contributed by atoms with Crippen molar-refractivity contribution < 1.29 is 14.0 Å². The Bertz CT molecular complexity index is 707. The standard InChI is InChI=1S/C16H14ClN3O3/c17-13-5-3-12(4-6-13)10-19-20-16(22)11-18-15(21)8-7-14-2-1-9-23-14/h1-10H,11H2,(H,18,21)(H,20,22)/b8-7+,19-10?. The number of hydrazone groups is 1. The molecule has 0 spiro atoms. The summed E-state index contributed by atoms with van der Waals surface area (Å²) in [4.78, 5) is 23.0. The van der Waals surface area contributed by atoms with Gasteiger partial charge >= 0.3 is 0 Å². The van der Waals surface area contributed by atoms with Crippen LogP contribution in [0.5, 0.6) is 0 Å². The van der Waals surface area contributed by atoms with Gasteiger partial charge in [-0.05, 0) is 35.9 Å². The van der Waals surface area contributed by atoms with Gasteiger partial charge in [0.25, 0.3) is 5.91 Å². The fourth-order valence-corrected chi connectivity index (χ4v) is 1.66. The van der Waals surface area contributed by atoms with Crippen molar-refractivity contribution >= 4 is 35.7 Å². The minimum Gasteiger partial charge on any atom is -0.465 e. The molecular weight excluding hydrogens is 318 g/mol. The van der Waals surface area contributed by atoms with E-state index in [1.165, 1.54) is 24.6 Å². The molecule has 2 rings (SSSR count). The molecule has 0 aliphatic carbocycles. The van der Waals surface area contributed by atoms with Gasteiger partial charge in [-0.25, -0.2) is 5.43 Å². The molecule has 0 atom stereocenters. The first-order valence-corrected chi connectivity index (χ1v) is 7.08. The van der Waals surface area contributed by atoms with E-state index in [4.69, 9.17) is 16.0 Å². The summed E-state index contributed by atoms with van der Waals surface area (Å²) in [5.41, 5.74) is 3.10. The van der Waals surface area contributed by atoms with Gasteiger partial charge in [-0.15, -0.1) is 0 Å². The molecule has 23 heavy (non-hydrogen) atoms. The molecule has 118 valence electrons. The van der Waals surface area contributed by atoms with Crippen LogP contribution >= 0.6 is 11.6 Å². The highest BCUT2D eigenvalue weighted by Crippen LogP contribution is 2.07. The largest absolute Gasteiger partial charge is 0.465 e. The highest BCUT2D eigenvalue weighted by Gasteiger charge is 2.01. The maximum Gasteiger partial charge on any atom is 0.259 e. The second-order valence-corrected chi connectivity index (χ2v) is 4.85. The fourth-order valence-electron chi connectivity index (χ4n) is 1.54. The van der Waals surface area contributed by atoms with E-state index < -0.39 is 11.8 Å². The lowest BCUT2D eigenvalue weighted by atomic mass is 10.2. The fraction of sp³-hybridized carbons (Fsp3) is 0.0625. The summed E-state index contributed by atoms with van der Waals surface area (Å²) in [6, 6.07) is 10.4. The maximum absolute atomic E-state index is 11.5. The number of carbonyl (C=O) groups excluding carboxylic acids is 2. The number of nitrogens with zero attached hydrogens (tertiary/aromatic N) is 1. The molecule has 0 fully saturated rings. The Morgan fingerprint density at radius 2 is 2.00 bits per heavy atom. The van der Waals surface area contributed by atoms with E-state index in [0.29, 0.717) is 10.8 Å². The predicted molar refractivity (Wildman–Crippen MR) is 87.9 cm³/mol. The van der Waals surface area contributed by atoms with Crippen molar-refractivity contribution in [2.75, 3.05) is 6.54 Å². The summed E-state index contributed by atoms with van der Waals surface area (Å²) in [7, 11) is 0. The Hall–Kier alpha value is -2.86. The third kappa shape index (κ3) is 6.19. The molecule has 6 nitrogen and oxygen atoms in total. The lowest BCUT2D eigenvalue weighted by molar-refractivity contribution is -0.123. The Balaban J connectivity index is 1.70. The van der Waals surface area contributed by atoms with Gasteiger partial charge in [-0.2, -0.15) is 5.10 Å². The summed E-state index contributed by atoms with van der Waals surface area (Å²) in [5.74, 6) is -0.287. The zero-order valence-electron chi connectivity index (χ0n) is 12.0. The summed E-state index contributed by atoms with van der Waals surface area (Å²) in [6.07, 6.45) is 5.77. The Morgan fingerprint density at radius 3 is 2.70 bits per heavy atom. The third-order valence-corrected chi connectivity index (χ3v) is 2.89. The van der Waals surface area contributed by atoms with Crippen LogP contribution in [0.4, 0.5) is 0 Å². The molecule has 0 aliphatic rings. The minimum absolute atomic E-state index is 0.181. The van der Waals surface area contributed by atoms with Crippen LogP contribution in [-0.2, 0) is 9.59 Å². The number of rotatable bonds is 6. The number of hydrogen-bond acceptors (Lipinski definition) is 4. The van der Waals surface area contributed by atoms with E-state index in [9.17, 15) is 9.59 Å². The van der Waals surface area contributed by atoms with Crippen molar-refractivity contribution in [2.24, 2.45) is 5.10 Å². The first kappa shape index (κ1) is 16.5. The van der Waals surface area contributed by atoms with Crippen molar-refractivity contribution in [2.45, 2.75) is 0 Å². The Labute approximate surface area is 137 Å². The van der Waals surface area contributed by atoms with Gasteiger partial charge < -0.3 is 9.73 Å². The predicted octanol–water partition coefficient (Wildman–Crippen LogP) is 2.21. The average Bonchev–Trinajstić information content (AvgIpc) is 3.06. The Kier molecular flexibility index (Phi) is 6.14. The van der Waals surface area contributed by atoms with Crippen LogP contribution in [-0.4, -0.2) is 24.6 Å². The monoisotopic (exact) mass is 331 g/mol. The summed E-state index contributed by atoms with van der Waals surface area (Å²) >= 11 is 5.76. The van der Waals surface area contributed by atoms with Gasteiger partial charge in [0.15, 0.2) is 0 Å². The first-order valence-electron chi connectivity index (χ1n) is 6.70. The topological polar surface area (TPSA) is 83.7 Å². The molecule has 2 amide bonds. The number of furan rings is 1. The van der Waals surface area contributed by atoms with Crippen LogP contribution in [0.2, 0.25) is 5.02 Å². The van der Waals surface area contributed by atoms with Crippen LogP contribution in [0.15, 0.2) is 58.3 Å². The maximum atomic E-state index is 11.5. The van der Waals surface area contributed by atoms with Crippen molar-refractivity contribution in [1.82, 2.24) is 10.7 Å². The average molecular weight is 332 g/mol. The highest BCUT2D eigenvalue weighted by atomic mass is 35.5. The number of carbonyl (C=O) groups is 2. The molecule has 0 saturated carbocycles. The lowest BCUT2D eigenvalue weighted by Gasteiger charge is -2.00. The van der Waals surface area contributed by atoms with E-state index in [2.05, 4.69) is 15.8 Å². The second-order valence-electron chi connectivity index (χ2n) is 4.41. The number of benzene rings is 1. The van der Waals surface area contributed by atoms with Crippen LogP contribution in [0, 0.1) is 0 Å². The quantitative estimate of drug-likeness (QED) is 0.483. The molecule has 0 radical (unpaired) electrons. The highest BCUT2D eigenvalue weighted by molar-refractivity contribution is 6.30. The second kappa shape index (κ2) is 8.55. The summed E-state index contributed by atoms with van der Waals surface area (Å²) in [5, 5.41) is 6.84. The normalized spacial score (nSPS) is 11.0. The van der Waals surface area contributed by atoms with E-state index >= 15 is 0 Å². The molecule has 7 heteroatoms. The SMILES string of the molecule is O=C(/C=C/c1ccco1)NCC(=O)NN=Cc1ccc(Cl)cc1. The molecule has 0 unspecified atom stereocenters. The Morgan fingerprint density at radius 1 is 1.22 bits per heavy atom.